The highest BCUT2D eigenvalue weighted by molar-refractivity contribution is 4.52. The van der Waals surface area contributed by atoms with Crippen molar-refractivity contribution in [3.8, 4) is 0 Å². The van der Waals surface area contributed by atoms with Crippen LogP contribution in [0.25, 0.3) is 0 Å². The van der Waals surface area contributed by atoms with Gasteiger partial charge in [-0.1, -0.05) is 20.8 Å². The molecule has 2 heteroatoms. The van der Waals surface area contributed by atoms with E-state index in [1.807, 2.05) is 0 Å². The van der Waals surface area contributed by atoms with Gasteiger partial charge in [-0.05, 0) is 25.8 Å². The minimum atomic E-state index is 0.206. The molecule has 0 fully saturated rings. The molecule has 68 valence electrons. The van der Waals surface area contributed by atoms with Crippen LogP contribution in [0, 0.1) is 5.92 Å². The van der Waals surface area contributed by atoms with E-state index in [1.165, 1.54) is 0 Å². The second kappa shape index (κ2) is 6.62. The SMILES string of the molecule is CCCOC(C)NCC(C)C. The molecule has 0 spiro atoms. The molecule has 1 unspecified atom stereocenters. The average Bonchev–Trinajstić information content (AvgIpc) is 1.97. The lowest BCUT2D eigenvalue weighted by atomic mass is 10.2. The summed E-state index contributed by atoms with van der Waals surface area (Å²) in [7, 11) is 0. The Hall–Kier alpha value is -0.0800. The Morgan fingerprint density at radius 2 is 1.91 bits per heavy atom. The highest BCUT2D eigenvalue weighted by atomic mass is 16.5. The molecule has 0 aliphatic rings. The summed E-state index contributed by atoms with van der Waals surface area (Å²) in [6, 6.07) is 0. The second-order valence-electron chi connectivity index (χ2n) is 3.32. The van der Waals surface area contributed by atoms with Crippen LogP contribution in [0.15, 0.2) is 0 Å². The molecule has 0 aliphatic heterocycles. The fourth-order valence-electron chi connectivity index (χ4n) is 0.755. The maximum absolute atomic E-state index is 5.43. The number of hydrogen-bond acceptors (Lipinski definition) is 2. The van der Waals surface area contributed by atoms with E-state index in [1.54, 1.807) is 0 Å². The Kier molecular flexibility index (Phi) is 6.57. The molecule has 1 atom stereocenters. The Balaban J connectivity index is 3.15. The topological polar surface area (TPSA) is 21.3 Å². The third kappa shape index (κ3) is 7.82. The van der Waals surface area contributed by atoms with E-state index in [9.17, 15) is 0 Å². The zero-order chi connectivity index (χ0) is 8.69. The first kappa shape index (κ1) is 10.9. The van der Waals surface area contributed by atoms with E-state index in [2.05, 4.69) is 33.0 Å². The van der Waals surface area contributed by atoms with Crippen LogP contribution in [0.4, 0.5) is 0 Å². The molecular weight excluding hydrogens is 138 g/mol. The quantitative estimate of drug-likeness (QED) is 0.598. The smallest absolute Gasteiger partial charge is 0.105 e. The summed E-state index contributed by atoms with van der Waals surface area (Å²) in [5.41, 5.74) is 0. The monoisotopic (exact) mass is 159 g/mol. The molecular formula is C9H21NO. The van der Waals surface area contributed by atoms with Gasteiger partial charge in [-0.3, -0.25) is 5.32 Å². The van der Waals surface area contributed by atoms with Gasteiger partial charge in [-0.25, -0.2) is 0 Å². The Labute approximate surface area is 70.3 Å². The van der Waals surface area contributed by atoms with Crippen molar-refractivity contribution in [3.05, 3.63) is 0 Å². The van der Waals surface area contributed by atoms with Gasteiger partial charge in [-0.15, -0.1) is 0 Å². The van der Waals surface area contributed by atoms with Crippen molar-refractivity contribution in [1.82, 2.24) is 5.32 Å². The predicted octanol–water partition coefficient (Wildman–Crippen LogP) is 2.00. The Bertz CT molecular complexity index is 83.6. The number of nitrogens with one attached hydrogen (secondary N) is 1. The molecule has 0 radical (unpaired) electrons. The summed E-state index contributed by atoms with van der Waals surface area (Å²) < 4.78 is 5.43. The van der Waals surface area contributed by atoms with Crippen molar-refractivity contribution in [3.63, 3.8) is 0 Å². The Morgan fingerprint density at radius 1 is 1.27 bits per heavy atom. The van der Waals surface area contributed by atoms with Crippen LogP contribution in [0.3, 0.4) is 0 Å². The fourth-order valence-corrected chi connectivity index (χ4v) is 0.755. The van der Waals surface area contributed by atoms with Gasteiger partial charge in [0.2, 0.25) is 0 Å². The summed E-state index contributed by atoms with van der Waals surface area (Å²) in [4.78, 5) is 0. The van der Waals surface area contributed by atoms with Gasteiger partial charge < -0.3 is 4.74 Å². The predicted molar refractivity (Wildman–Crippen MR) is 48.5 cm³/mol. The zero-order valence-electron chi connectivity index (χ0n) is 8.18. The van der Waals surface area contributed by atoms with Gasteiger partial charge in [0.05, 0.1) is 0 Å². The normalized spacial score (nSPS) is 13.9. The van der Waals surface area contributed by atoms with Gasteiger partial charge >= 0.3 is 0 Å². The molecule has 0 aromatic heterocycles. The van der Waals surface area contributed by atoms with E-state index in [0.29, 0.717) is 5.92 Å². The molecule has 0 aromatic rings. The molecule has 0 aliphatic carbocycles. The van der Waals surface area contributed by atoms with Crippen molar-refractivity contribution >= 4 is 0 Å². The van der Waals surface area contributed by atoms with Crippen LogP contribution in [-0.2, 0) is 4.74 Å². The summed E-state index contributed by atoms with van der Waals surface area (Å²) in [6.45, 7) is 10.4. The summed E-state index contributed by atoms with van der Waals surface area (Å²) in [6.07, 6.45) is 1.30. The Morgan fingerprint density at radius 3 is 2.36 bits per heavy atom. The van der Waals surface area contributed by atoms with Crippen LogP contribution < -0.4 is 5.32 Å². The third-order valence-electron chi connectivity index (χ3n) is 1.39. The van der Waals surface area contributed by atoms with Crippen molar-refractivity contribution in [1.29, 1.82) is 0 Å². The van der Waals surface area contributed by atoms with E-state index < -0.39 is 0 Å². The van der Waals surface area contributed by atoms with Crippen molar-refractivity contribution in [2.45, 2.75) is 40.3 Å². The lowest BCUT2D eigenvalue weighted by Gasteiger charge is -2.15. The van der Waals surface area contributed by atoms with Gasteiger partial charge in [0, 0.05) is 6.61 Å². The molecule has 2 nitrogen and oxygen atoms in total. The van der Waals surface area contributed by atoms with Gasteiger partial charge in [0.25, 0.3) is 0 Å². The highest BCUT2D eigenvalue weighted by Gasteiger charge is 2.00. The van der Waals surface area contributed by atoms with Crippen molar-refractivity contribution in [2.24, 2.45) is 5.92 Å². The standard InChI is InChI=1S/C9H21NO/c1-5-6-11-9(4)10-7-8(2)3/h8-10H,5-7H2,1-4H3. The first-order chi connectivity index (χ1) is 5.16. The van der Waals surface area contributed by atoms with E-state index in [-0.39, 0.29) is 6.23 Å². The van der Waals surface area contributed by atoms with Crippen LogP contribution in [-0.4, -0.2) is 19.4 Å². The third-order valence-corrected chi connectivity index (χ3v) is 1.39. The first-order valence-corrected chi connectivity index (χ1v) is 4.51. The second-order valence-corrected chi connectivity index (χ2v) is 3.32. The molecule has 0 heterocycles. The zero-order valence-corrected chi connectivity index (χ0v) is 8.18. The van der Waals surface area contributed by atoms with Gasteiger partial charge in [0.15, 0.2) is 0 Å². The summed E-state index contributed by atoms with van der Waals surface area (Å²) in [5.74, 6) is 0.697. The van der Waals surface area contributed by atoms with Gasteiger partial charge in [0.1, 0.15) is 6.23 Å². The lowest BCUT2D eigenvalue weighted by molar-refractivity contribution is 0.0412. The largest absolute Gasteiger partial charge is 0.364 e. The van der Waals surface area contributed by atoms with Crippen molar-refractivity contribution < 1.29 is 4.74 Å². The maximum atomic E-state index is 5.43. The summed E-state index contributed by atoms with van der Waals surface area (Å²) in [5, 5.41) is 3.29. The first-order valence-electron chi connectivity index (χ1n) is 4.51. The van der Waals surface area contributed by atoms with Crippen LogP contribution >= 0.6 is 0 Å². The molecule has 0 saturated carbocycles. The molecule has 11 heavy (non-hydrogen) atoms. The molecule has 0 amide bonds. The number of hydrogen-bond donors (Lipinski definition) is 1. The molecule has 1 N–H and O–H groups in total. The van der Waals surface area contributed by atoms with Crippen LogP contribution in [0.2, 0.25) is 0 Å². The maximum Gasteiger partial charge on any atom is 0.105 e. The lowest BCUT2D eigenvalue weighted by Crippen LogP contribution is -2.32. The molecule has 0 rings (SSSR count). The minimum absolute atomic E-state index is 0.206. The summed E-state index contributed by atoms with van der Waals surface area (Å²) >= 11 is 0. The van der Waals surface area contributed by atoms with Crippen LogP contribution in [0.1, 0.15) is 34.1 Å². The molecule has 0 aromatic carbocycles. The van der Waals surface area contributed by atoms with E-state index in [0.717, 1.165) is 19.6 Å². The minimum Gasteiger partial charge on any atom is -0.364 e. The average molecular weight is 159 g/mol. The highest BCUT2D eigenvalue weighted by Crippen LogP contribution is 1.92. The number of rotatable bonds is 6. The molecule has 0 bridgehead atoms. The van der Waals surface area contributed by atoms with Gasteiger partial charge in [-0.2, -0.15) is 0 Å². The van der Waals surface area contributed by atoms with E-state index in [4.69, 9.17) is 4.74 Å². The van der Waals surface area contributed by atoms with Crippen LogP contribution in [0.5, 0.6) is 0 Å². The fraction of sp³-hybridized carbons (Fsp3) is 1.00. The van der Waals surface area contributed by atoms with E-state index >= 15 is 0 Å². The number of ether oxygens (including phenoxy) is 1. The van der Waals surface area contributed by atoms with Crippen molar-refractivity contribution in [2.75, 3.05) is 13.2 Å². The molecule has 0 saturated heterocycles.